The van der Waals surface area contributed by atoms with Crippen molar-refractivity contribution in [1.82, 2.24) is 10.3 Å². The molecule has 1 aliphatic heterocycles. The van der Waals surface area contributed by atoms with Crippen molar-refractivity contribution in [2.24, 2.45) is 0 Å². The van der Waals surface area contributed by atoms with Crippen molar-refractivity contribution in [2.75, 3.05) is 43.1 Å². The number of hydrogen-bond donors (Lipinski definition) is 2. The van der Waals surface area contributed by atoms with Crippen LogP contribution in [0.3, 0.4) is 0 Å². The van der Waals surface area contributed by atoms with Gasteiger partial charge in [-0.25, -0.2) is 9.78 Å². The van der Waals surface area contributed by atoms with E-state index >= 15 is 0 Å². The summed E-state index contributed by atoms with van der Waals surface area (Å²) in [6, 6.07) is 15.2. The van der Waals surface area contributed by atoms with E-state index in [1.54, 1.807) is 11.3 Å². The number of morpholine rings is 1. The highest BCUT2D eigenvalue weighted by Crippen LogP contribution is 2.31. The summed E-state index contributed by atoms with van der Waals surface area (Å²) in [5.41, 5.74) is 2.60. The number of amides is 2. The smallest absolute Gasteiger partial charge is 0.407 e. The fraction of sp³-hybridized carbons (Fsp3) is 0.348. The first-order valence-electron chi connectivity index (χ1n) is 10.6. The maximum Gasteiger partial charge on any atom is 0.407 e. The normalized spacial score (nSPS) is 13.7. The average Bonchev–Trinajstić information content (AvgIpc) is 3.25. The third-order valence-corrected chi connectivity index (χ3v) is 6.08. The molecule has 2 N–H and O–H groups in total. The van der Waals surface area contributed by atoms with Gasteiger partial charge in [-0.15, -0.1) is 0 Å². The van der Waals surface area contributed by atoms with E-state index in [1.807, 2.05) is 48.5 Å². The van der Waals surface area contributed by atoms with Gasteiger partial charge in [-0.3, -0.25) is 4.79 Å². The minimum atomic E-state index is -0.485. The molecule has 2 heterocycles. The molecular weight excluding hydrogens is 428 g/mol. The molecule has 0 radical (unpaired) electrons. The van der Waals surface area contributed by atoms with E-state index < -0.39 is 6.09 Å². The Morgan fingerprint density at radius 3 is 2.75 bits per heavy atom. The number of ether oxygens (including phenoxy) is 2. The fourth-order valence-corrected chi connectivity index (χ4v) is 4.37. The van der Waals surface area contributed by atoms with E-state index in [-0.39, 0.29) is 12.5 Å². The summed E-state index contributed by atoms with van der Waals surface area (Å²) in [6.07, 6.45) is 0.343. The minimum absolute atomic E-state index is 0.0956. The van der Waals surface area contributed by atoms with Gasteiger partial charge in [-0.1, -0.05) is 41.7 Å². The Balaban J connectivity index is 1.18. The fourth-order valence-electron chi connectivity index (χ4n) is 3.32. The first-order valence-corrected chi connectivity index (χ1v) is 11.5. The maximum absolute atomic E-state index is 12.3. The monoisotopic (exact) mass is 454 g/mol. The predicted octanol–water partition coefficient (Wildman–Crippen LogP) is 3.78. The van der Waals surface area contributed by atoms with Crippen LogP contribution in [-0.2, 0) is 20.9 Å². The highest BCUT2D eigenvalue weighted by molar-refractivity contribution is 7.22. The number of nitrogens with one attached hydrogen (secondary N) is 2. The second kappa shape index (κ2) is 10.9. The van der Waals surface area contributed by atoms with Gasteiger partial charge in [-0.05, 0) is 30.2 Å². The molecule has 9 heteroatoms. The van der Waals surface area contributed by atoms with Gasteiger partial charge in [0.25, 0.3) is 0 Å². The molecule has 32 heavy (non-hydrogen) atoms. The van der Waals surface area contributed by atoms with Crippen LogP contribution in [0.2, 0.25) is 0 Å². The summed E-state index contributed by atoms with van der Waals surface area (Å²) in [7, 11) is 0. The van der Waals surface area contributed by atoms with Crippen molar-refractivity contribution in [2.45, 2.75) is 19.4 Å². The van der Waals surface area contributed by atoms with Crippen molar-refractivity contribution in [3.63, 3.8) is 0 Å². The van der Waals surface area contributed by atoms with Gasteiger partial charge in [0.05, 0.1) is 23.4 Å². The first-order chi connectivity index (χ1) is 15.7. The number of carbonyl (C=O) groups excluding carboxylic acids is 2. The van der Waals surface area contributed by atoms with Crippen LogP contribution in [0.5, 0.6) is 0 Å². The van der Waals surface area contributed by atoms with Gasteiger partial charge in [-0.2, -0.15) is 0 Å². The molecular formula is C23H26N4O4S. The molecule has 3 aromatic rings. The summed E-state index contributed by atoms with van der Waals surface area (Å²) in [6.45, 7) is 3.72. The molecule has 1 aliphatic rings. The van der Waals surface area contributed by atoms with Crippen LogP contribution in [0.25, 0.3) is 10.2 Å². The Bertz CT molecular complexity index is 1050. The van der Waals surface area contributed by atoms with Crippen LogP contribution in [-0.4, -0.2) is 49.8 Å². The van der Waals surface area contributed by atoms with Crippen molar-refractivity contribution in [3.05, 3.63) is 54.1 Å². The number of nitrogens with zero attached hydrogens (tertiary/aromatic N) is 2. The molecule has 1 saturated heterocycles. The number of thiazole rings is 1. The maximum atomic E-state index is 12.3. The number of rotatable bonds is 8. The third-order valence-electron chi connectivity index (χ3n) is 5.01. The largest absolute Gasteiger partial charge is 0.445 e. The van der Waals surface area contributed by atoms with E-state index in [1.165, 1.54) is 0 Å². The van der Waals surface area contributed by atoms with Crippen LogP contribution in [0.15, 0.2) is 48.5 Å². The molecule has 2 aromatic carbocycles. The molecule has 0 unspecified atom stereocenters. The summed E-state index contributed by atoms with van der Waals surface area (Å²) in [4.78, 5) is 30.9. The molecule has 8 nitrogen and oxygen atoms in total. The van der Waals surface area contributed by atoms with E-state index in [4.69, 9.17) is 14.5 Å². The standard InChI is InChI=1S/C23H26N4O4S/c28-21(7-4-10-24-23(29)31-16-17-5-2-1-3-6-17)25-18-8-9-19-20(15-18)32-22(26-19)27-11-13-30-14-12-27/h1-3,5-6,8-9,15H,4,7,10-14,16H2,(H,24,29)(H,25,28). The van der Waals surface area contributed by atoms with Gasteiger partial charge in [0.2, 0.25) is 5.91 Å². The van der Waals surface area contributed by atoms with Gasteiger partial charge < -0.3 is 25.0 Å². The van der Waals surface area contributed by atoms with Crippen molar-refractivity contribution in [3.8, 4) is 0 Å². The van der Waals surface area contributed by atoms with Gasteiger partial charge in [0.1, 0.15) is 6.61 Å². The van der Waals surface area contributed by atoms with Crippen LogP contribution in [0.1, 0.15) is 18.4 Å². The van der Waals surface area contributed by atoms with Crippen LogP contribution in [0.4, 0.5) is 15.6 Å². The van der Waals surface area contributed by atoms with Crippen molar-refractivity contribution in [1.29, 1.82) is 0 Å². The lowest BCUT2D eigenvalue weighted by molar-refractivity contribution is -0.116. The summed E-state index contributed by atoms with van der Waals surface area (Å²) in [5, 5.41) is 6.57. The Labute approximate surface area is 190 Å². The number of carbonyl (C=O) groups is 2. The molecule has 0 aliphatic carbocycles. The average molecular weight is 455 g/mol. The van der Waals surface area contributed by atoms with E-state index in [0.717, 1.165) is 52.9 Å². The second-order valence-electron chi connectivity index (χ2n) is 7.42. The lowest BCUT2D eigenvalue weighted by Crippen LogP contribution is -2.36. The number of alkyl carbamates (subject to hydrolysis) is 1. The SMILES string of the molecule is O=C(CCCNC(=O)OCc1ccccc1)Nc1ccc2nc(N3CCOCC3)sc2c1. The summed E-state index contributed by atoms with van der Waals surface area (Å²) in [5.74, 6) is -0.0956. The molecule has 1 fully saturated rings. The molecule has 2 amide bonds. The first kappa shape index (κ1) is 22.0. The molecule has 0 spiro atoms. The lowest BCUT2D eigenvalue weighted by atomic mass is 10.2. The number of anilines is 2. The van der Waals surface area contributed by atoms with Crippen molar-refractivity contribution >= 4 is 44.4 Å². The zero-order valence-corrected chi connectivity index (χ0v) is 18.5. The molecule has 0 saturated carbocycles. The number of aromatic nitrogens is 1. The second-order valence-corrected chi connectivity index (χ2v) is 8.43. The van der Waals surface area contributed by atoms with E-state index in [0.29, 0.717) is 19.4 Å². The van der Waals surface area contributed by atoms with E-state index in [2.05, 4.69) is 15.5 Å². The van der Waals surface area contributed by atoms with Crippen LogP contribution < -0.4 is 15.5 Å². The van der Waals surface area contributed by atoms with Crippen LogP contribution >= 0.6 is 11.3 Å². The highest BCUT2D eigenvalue weighted by Gasteiger charge is 2.15. The molecule has 4 rings (SSSR count). The molecule has 1 aromatic heterocycles. The zero-order valence-electron chi connectivity index (χ0n) is 17.7. The molecule has 168 valence electrons. The van der Waals surface area contributed by atoms with Gasteiger partial charge >= 0.3 is 6.09 Å². The summed E-state index contributed by atoms with van der Waals surface area (Å²) >= 11 is 1.62. The van der Waals surface area contributed by atoms with Crippen molar-refractivity contribution < 1.29 is 19.1 Å². The Hall–Kier alpha value is -3.17. The molecule has 0 bridgehead atoms. The Morgan fingerprint density at radius 1 is 1.12 bits per heavy atom. The quantitative estimate of drug-likeness (QED) is 0.503. The minimum Gasteiger partial charge on any atom is -0.445 e. The topological polar surface area (TPSA) is 92.8 Å². The Morgan fingerprint density at radius 2 is 1.94 bits per heavy atom. The lowest BCUT2D eigenvalue weighted by Gasteiger charge is -2.25. The third kappa shape index (κ3) is 6.18. The predicted molar refractivity (Wildman–Crippen MR) is 125 cm³/mol. The number of hydrogen-bond acceptors (Lipinski definition) is 7. The number of benzene rings is 2. The molecule has 0 atom stereocenters. The van der Waals surface area contributed by atoms with E-state index in [9.17, 15) is 9.59 Å². The van der Waals surface area contributed by atoms with Crippen LogP contribution in [0, 0.1) is 0 Å². The Kier molecular flexibility index (Phi) is 7.52. The zero-order chi connectivity index (χ0) is 22.2. The van der Waals surface area contributed by atoms with Gasteiger partial charge in [0, 0.05) is 31.7 Å². The number of fused-ring (bicyclic) bond motifs is 1. The highest BCUT2D eigenvalue weighted by atomic mass is 32.1. The summed E-state index contributed by atoms with van der Waals surface area (Å²) < 4.78 is 11.6. The van der Waals surface area contributed by atoms with Gasteiger partial charge in [0.15, 0.2) is 5.13 Å².